The number of nitrogens with one attached hydrogen (secondary N) is 1. The molecule has 0 aliphatic heterocycles. The van der Waals surface area contributed by atoms with Crippen LogP contribution in [0.2, 0.25) is 0 Å². The molecule has 0 radical (unpaired) electrons. The number of aromatic amines is 1. The van der Waals surface area contributed by atoms with Crippen molar-refractivity contribution in [3.8, 4) is 0 Å². The monoisotopic (exact) mass is 279 g/mol. The molecule has 0 aromatic carbocycles. The van der Waals surface area contributed by atoms with Crippen LogP contribution in [0.1, 0.15) is 28.7 Å². The lowest BCUT2D eigenvalue weighted by Gasteiger charge is -2.05. The molecule has 2 aromatic rings. The fourth-order valence-corrected chi connectivity index (χ4v) is 2.79. The summed E-state index contributed by atoms with van der Waals surface area (Å²) in [7, 11) is 0. The normalized spacial score (nSPS) is 10.9. The molecule has 0 amide bonds. The topological polar surface area (TPSA) is 89.6 Å². The average Bonchev–Trinajstić information content (AvgIpc) is 2.90. The number of anilines is 1. The fourth-order valence-electron chi connectivity index (χ4n) is 2.10. The van der Waals surface area contributed by atoms with Gasteiger partial charge in [-0.15, -0.1) is 5.10 Å². The summed E-state index contributed by atoms with van der Waals surface area (Å²) < 4.78 is 2.13. The summed E-state index contributed by atoms with van der Waals surface area (Å²) in [6.07, 6.45) is 0. The summed E-state index contributed by atoms with van der Waals surface area (Å²) >= 11 is 1.28. The molecular formula is C12H17N5OS. The molecule has 3 N–H and O–H groups in total. The molecule has 2 heterocycles. The van der Waals surface area contributed by atoms with Crippen LogP contribution in [-0.2, 0) is 6.54 Å². The number of thioether (sulfide) groups is 1. The number of Topliss-reactive ketones (excluding diaryl/α,β-unsaturated/α-hetero) is 1. The number of carbonyl (C=O) groups is 1. The molecule has 0 saturated heterocycles. The maximum Gasteiger partial charge on any atom is 0.216 e. The number of H-pyrrole nitrogens is 1. The summed E-state index contributed by atoms with van der Waals surface area (Å²) in [6.45, 7) is 6.92. The number of nitrogens with zero attached hydrogens (tertiary/aromatic N) is 3. The Hall–Kier alpha value is -1.76. The Bertz CT molecular complexity index is 601. The fraction of sp³-hybridized carbons (Fsp3) is 0.417. The van der Waals surface area contributed by atoms with E-state index in [9.17, 15) is 4.79 Å². The third-order valence-corrected chi connectivity index (χ3v) is 3.85. The maximum absolute atomic E-state index is 12.2. The molecule has 0 saturated carbocycles. The molecule has 0 bridgehead atoms. The van der Waals surface area contributed by atoms with Gasteiger partial charge in [0.2, 0.25) is 11.1 Å². The van der Waals surface area contributed by atoms with Gasteiger partial charge in [0.15, 0.2) is 5.78 Å². The molecular weight excluding hydrogens is 262 g/mol. The van der Waals surface area contributed by atoms with Crippen LogP contribution in [0.5, 0.6) is 0 Å². The van der Waals surface area contributed by atoms with Gasteiger partial charge in [-0.25, -0.2) is 5.10 Å². The van der Waals surface area contributed by atoms with Gasteiger partial charge in [0.25, 0.3) is 0 Å². The van der Waals surface area contributed by atoms with Gasteiger partial charge in [-0.2, -0.15) is 4.98 Å². The molecule has 0 fully saturated rings. The van der Waals surface area contributed by atoms with E-state index in [4.69, 9.17) is 5.73 Å². The van der Waals surface area contributed by atoms with Crippen LogP contribution in [-0.4, -0.2) is 31.3 Å². The van der Waals surface area contributed by atoms with Crippen molar-refractivity contribution in [2.45, 2.75) is 32.5 Å². The highest BCUT2D eigenvalue weighted by Crippen LogP contribution is 2.20. The molecule has 102 valence electrons. The standard InChI is InChI=1S/C12H17N5OS/c1-4-17-7(2)5-9(8(17)3)10(18)6-19-12-14-11(13)15-16-12/h5H,4,6H2,1-3H3,(H3,13,14,15,16). The van der Waals surface area contributed by atoms with Crippen LogP contribution in [0.25, 0.3) is 0 Å². The molecule has 2 aromatic heterocycles. The first-order valence-electron chi connectivity index (χ1n) is 6.03. The lowest BCUT2D eigenvalue weighted by atomic mass is 10.2. The highest BCUT2D eigenvalue weighted by atomic mass is 32.2. The van der Waals surface area contributed by atoms with E-state index >= 15 is 0 Å². The van der Waals surface area contributed by atoms with Crippen molar-refractivity contribution in [1.82, 2.24) is 19.7 Å². The Labute approximate surface area is 115 Å². The van der Waals surface area contributed by atoms with Gasteiger partial charge >= 0.3 is 0 Å². The molecule has 0 atom stereocenters. The smallest absolute Gasteiger partial charge is 0.216 e. The first-order chi connectivity index (χ1) is 9.02. The Balaban J connectivity index is 2.08. The summed E-state index contributed by atoms with van der Waals surface area (Å²) in [6, 6.07) is 1.94. The number of aryl methyl sites for hydroxylation is 1. The first-order valence-corrected chi connectivity index (χ1v) is 7.02. The van der Waals surface area contributed by atoms with Crippen molar-refractivity contribution in [3.63, 3.8) is 0 Å². The first kappa shape index (κ1) is 13.7. The van der Waals surface area contributed by atoms with Gasteiger partial charge in [0, 0.05) is 23.5 Å². The Morgan fingerprint density at radius 3 is 2.79 bits per heavy atom. The number of nitrogens with two attached hydrogens (primary N) is 1. The maximum atomic E-state index is 12.2. The number of hydrogen-bond acceptors (Lipinski definition) is 5. The summed E-state index contributed by atoms with van der Waals surface area (Å²) in [5, 5.41) is 6.93. The van der Waals surface area contributed by atoms with Crippen LogP contribution in [0.15, 0.2) is 11.2 Å². The highest BCUT2D eigenvalue weighted by Gasteiger charge is 2.15. The Kier molecular flexibility index (Phi) is 3.94. The van der Waals surface area contributed by atoms with Crippen molar-refractivity contribution in [2.75, 3.05) is 11.5 Å². The van der Waals surface area contributed by atoms with E-state index in [2.05, 4.69) is 26.7 Å². The lowest BCUT2D eigenvalue weighted by molar-refractivity contribution is 0.102. The molecule has 0 spiro atoms. The van der Waals surface area contributed by atoms with E-state index in [0.717, 1.165) is 23.5 Å². The molecule has 0 unspecified atom stereocenters. The van der Waals surface area contributed by atoms with E-state index in [1.54, 1.807) is 0 Å². The largest absolute Gasteiger partial charge is 0.368 e. The minimum Gasteiger partial charge on any atom is -0.368 e. The lowest BCUT2D eigenvalue weighted by Crippen LogP contribution is -2.06. The zero-order chi connectivity index (χ0) is 14.0. The second-order valence-corrected chi connectivity index (χ2v) is 5.19. The third kappa shape index (κ3) is 2.81. The summed E-state index contributed by atoms with van der Waals surface area (Å²) in [5.74, 6) is 0.658. The van der Waals surface area contributed by atoms with Crippen molar-refractivity contribution in [3.05, 3.63) is 23.0 Å². The second kappa shape index (κ2) is 5.48. The zero-order valence-electron chi connectivity index (χ0n) is 11.2. The van der Waals surface area contributed by atoms with Gasteiger partial charge in [-0.3, -0.25) is 4.79 Å². The van der Waals surface area contributed by atoms with Crippen LogP contribution in [0.4, 0.5) is 5.95 Å². The predicted octanol–water partition coefficient (Wildman–Crippen LogP) is 1.80. The number of rotatable bonds is 5. The Morgan fingerprint density at radius 2 is 2.26 bits per heavy atom. The van der Waals surface area contributed by atoms with E-state index < -0.39 is 0 Å². The van der Waals surface area contributed by atoms with Gasteiger partial charge in [-0.1, -0.05) is 11.8 Å². The van der Waals surface area contributed by atoms with E-state index in [1.165, 1.54) is 11.8 Å². The van der Waals surface area contributed by atoms with Crippen LogP contribution in [0, 0.1) is 13.8 Å². The van der Waals surface area contributed by atoms with E-state index in [0.29, 0.717) is 10.9 Å². The highest BCUT2D eigenvalue weighted by molar-refractivity contribution is 7.99. The quantitative estimate of drug-likeness (QED) is 0.643. The van der Waals surface area contributed by atoms with E-state index in [1.807, 2.05) is 19.9 Å². The van der Waals surface area contributed by atoms with Crippen molar-refractivity contribution >= 4 is 23.5 Å². The number of carbonyl (C=O) groups excluding carboxylic acids is 1. The zero-order valence-corrected chi connectivity index (χ0v) is 12.0. The number of ketones is 1. The van der Waals surface area contributed by atoms with Crippen molar-refractivity contribution in [1.29, 1.82) is 0 Å². The number of aromatic nitrogens is 4. The second-order valence-electron chi connectivity index (χ2n) is 4.24. The van der Waals surface area contributed by atoms with Crippen LogP contribution >= 0.6 is 11.8 Å². The van der Waals surface area contributed by atoms with Gasteiger partial charge < -0.3 is 10.3 Å². The SMILES string of the molecule is CCn1c(C)cc(C(=O)CSc2n[nH]c(N)n2)c1C. The predicted molar refractivity (Wildman–Crippen MR) is 75.4 cm³/mol. The van der Waals surface area contributed by atoms with Crippen LogP contribution < -0.4 is 5.73 Å². The van der Waals surface area contributed by atoms with E-state index in [-0.39, 0.29) is 11.7 Å². The van der Waals surface area contributed by atoms with Crippen molar-refractivity contribution in [2.24, 2.45) is 0 Å². The molecule has 0 aliphatic carbocycles. The summed E-state index contributed by atoms with van der Waals surface area (Å²) in [4.78, 5) is 16.2. The van der Waals surface area contributed by atoms with Gasteiger partial charge in [0.05, 0.1) is 5.75 Å². The molecule has 19 heavy (non-hydrogen) atoms. The molecule has 2 rings (SSSR count). The minimum atomic E-state index is 0.0844. The minimum absolute atomic E-state index is 0.0844. The third-order valence-electron chi connectivity index (χ3n) is 3.00. The van der Waals surface area contributed by atoms with Gasteiger partial charge in [0.1, 0.15) is 0 Å². The Morgan fingerprint density at radius 1 is 1.53 bits per heavy atom. The summed E-state index contributed by atoms with van der Waals surface area (Å²) in [5.41, 5.74) is 8.33. The van der Waals surface area contributed by atoms with Crippen molar-refractivity contribution < 1.29 is 4.79 Å². The molecule has 7 heteroatoms. The average molecular weight is 279 g/mol. The molecule has 0 aliphatic rings. The van der Waals surface area contributed by atoms with Gasteiger partial charge in [-0.05, 0) is 26.8 Å². The number of nitrogen functional groups attached to an aromatic ring is 1. The molecule has 6 nitrogen and oxygen atoms in total. The van der Waals surface area contributed by atoms with Crippen LogP contribution in [0.3, 0.4) is 0 Å². The number of hydrogen-bond donors (Lipinski definition) is 2.